The summed E-state index contributed by atoms with van der Waals surface area (Å²) in [5.41, 5.74) is 2.18. The highest BCUT2D eigenvalue weighted by Crippen LogP contribution is 2.39. The van der Waals surface area contributed by atoms with Crippen LogP contribution in [0.15, 0.2) is 18.2 Å². The maximum Gasteiger partial charge on any atom is 0.233 e. The Labute approximate surface area is 99.8 Å². The van der Waals surface area contributed by atoms with Crippen LogP contribution >= 0.6 is 10.7 Å². The van der Waals surface area contributed by atoms with Gasteiger partial charge in [0.05, 0.1) is 12.9 Å². The van der Waals surface area contributed by atoms with Gasteiger partial charge in [-0.2, -0.15) is 0 Å². The van der Waals surface area contributed by atoms with Crippen molar-refractivity contribution in [3.63, 3.8) is 0 Å². The first-order chi connectivity index (χ1) is 7.51. The van der Waals surface area contributed by atoms with Gasteiger partial charge in [-0.3, -0.25) is 0 Å². The smallest absolute Gasteiger partial charge is 0.233 e. The van der Waals surface area contributed by atoms with E-state index in [0.29, 0.717) is 0 Å². The minimum atomic E-state index is -3.44. The third-order valence-corrected chi connectivity index (χ3v) is 4.15. The Balaban J connectivity index is 2.33. The van der Waals surface area contributed by atoms with E-state index in [4.69, 9.17) is 15.4 Å². The molecule has 0 bridgehead atoms. The molecule has 1 aliphatic carbocycles. The van der Waals surface area contributed by atoms with E-state index >= 15 is 0 Å². The molecular weight excluding hydrogens is 248 g/mol. The van der Waals surface area contributed by atoms with Gasteiger partial charge in [-0.05, 0) is 36.0 Å². The number of hydrogen-bond acceptors (Lipinski definition) is 3. The van der Waals surface area contributed by atoms with Crippen LogP contribution in [-0.4, -0.2) is 21.3 Å². The van der Waals surface area contributed by atoms with Crippen molar-refractivity contribution in [2.24, 2.45) is 0 Å². The topological polar surface area (TPSA) is 43.4 Å². The van der Waals surface area contributed by atoms with Gasteiger partial charge >= 0.3 is 0 Å². The van der Waals surface area contributed by atoms with Gasteiger partial charge in [-0.25, -0.2) is 8.42 Å². The summed E-state index contributed by atoms with van der Waals surface area (Å²) in [6, 6.07) is 5.74. The summed E-state index contributed by atoms with van der Waals surface area (Å²) in [7, 11) is 3.48. The van der Waals surface area contributed by atoms with Gasteiger partial charge in [-0.1, -0.05) is 12.1 Å². The molecule has 2 rings (SSSR count). The van der Waals surface area contributed by atoms with Crippen molar-refractivity contribution in [2.75, 3.05) is 12.9 Å². The first-order valence-electron chi connectivity index (χ1n) is 5.09. The van der Waals surface area contributed by atoms with Crippen molar-refractivity contribution >= 4 is 19.7 Å². The number of halogens is 1. The average molecular weight is 261 g/mol. The first kappa shape index (κ1) is 11.7. The van der Waals surface area contributed by atoms with E-state index in [1.165, 1.54) is 0 Å². The van der Waals surface area contributed by atoms with Gasteiger partial charge in [-0.15, -0.1) is 0 Å². The third kappa shape index (κ3) is 2.33. The van der Waals surface area contributed by atoms with Crippen LogP contribution in [0.1, 0.15) is 23.5 Å². The molecule has 1 aromatic rings. The van der Waals surface area contributed by atoms with Crippen molar-refractivity contribution in [1.29, 1.82) is 0 Å². The van der Waals surface area contributed by atoms with E-state index in [2.05, 4.69) is 0 Å². The maximum atomic E-state index is 11.1. The maximum absolute atomic E-state index is 11.1. The van der Waals surface area contributed by atoms with Crippen LogP contribution in [-0.2, 0) is 15.5 Å². The van der Waals surface area contributed by atoms with Gasteiger partial charge in [0, 0.05) is 10.7 Å². The molecule has 1 unspecified atom stereocenters. The van der Waals surface area contributed by atoms with Gasteiger partial charge in [0.2, 0.25) is 9.05 Å². The lowest BCUT2D eigenvalue weighted by atomic mass is 10.0. The molecule has 5 heteroatoms. The molecular formula is C11H13ClO3S. The SMILES string of the molecule is COc1cccc2c1CCC2CS(=O)(=O)Cl. The van der Waals surface area contributed by atoms with Crippen molar-refractivity contribution in [3.8, 4) is 5.75 Å². The molecule has 1 aliphatic rings. The Morgan fingerprint density at radius 3 is 2.88 bits per heavy atom. The van der Waals surface area contributed by atoms with Crippen molar-refractivity contribution in [1.82, 2.24) is 0 Å². The summed E-state index contributed by atoms with van der Waals surface area (Å²) in [5, 5.41) is 0. The standard InChI is InChI=1S/C11H13ClO3S/c1-15-11-4-2-3-9-8(5-6-10(9)11)7-16(12,13)14/h2-4,8H,5-7H2,1H3. The number of methoxy groups -OCH3 is 1. The van der Waals surface area contributed by atoms with E-state index in [1.54, 1.807) is 7.11 Å². The molecule has 0 heterocycles. The van der Waals surface area contributed by atoms with E-state index in [-0.39, 0.29) is 11.7 Å². The van der Waals surface area contributed by atoms with Crippen molar-refractivity contribution in [3.05, 3.63) is 29.3 Å². The quantitative estimate of drug-likeness (QED) is 0.784. The van der Waals surface area contributed by atoms with E-state index in [0.717, 1.165) is 29.7 Å². The minimum absolute atomic E-state index is 0.00704. The largest absolute Gasteiger partial charge is 0.496 e. The first-order valence-corrected chi connectivity index (χ1v) is 7.57. The molecule has 0 radical (unpaired) electrons. The highest BCUT2D eigenvalue weighted by molar-refractivity contribution is 8.13. The summed E-state index contributed by atoms with van der Waals surface area (Å²) in [4.78, 5) is 0. The molecule has 1 atom stereocenters. The molecule has 0 aromatic heterocycles. The molecule has 0 aliphatic heterocycles. The summed E-state index contributed by atoms with van der Waals surface area (Å²) in [6.45, 7) is 0. The van der Waals surface area contributed by atoms with Crippen LogP contribution in [0.2, 0.25) is 0 Å². The lowest BCUT2D eigenvalue weighted by molar-refractivity contribution is 0.410. The number of benzene rings is 1. The van der Waals surface area contributed by atoms with Crippen LogP contribution in [0.4, 0.5) is 0 Å². The fourth-order valence-corrected chi connectivity index (χ4v) is 3.59. The number of ether oxygens (including phenoxy) is 1. The molecule has 0 spiro atoms. The Morgan fingerprint density at radius 1 is 1.50 bits per heavy atom. The molecule has 0 amide bonds. The van der Waals surface area contributed by atoms with Gasteiger partial charge in [0.1, 0.15) is 5.75 Å². The fraction of sp³-hybridized carbons (Fsp3) is 0.455. The van der Waals surface area contributed by atoms with Crippen molar-refractivity contribution < 1.29 is 13.2 Å². The van der Waals surface area contributed by atoms with Gasteiger partial charge in [0.25, 0.3) is 0 Å². The van der Waals surface area contributed by atoms with Crippen LogP contribution in [0, 0.1) is 0 Å². The molecule has 0 saturated carbocycles. The molecule has 3 nitrogen and oxygen atoms in total. The Kier molecular flexibility index (Phi) is 3.13. The average Bonchev–Trinajstić information content (AvgIpc) is 2.59. The van der Waals surface area contributed by atoms with Crippen LogP contribution < -0.4 is 4.74 Å². The predicted octanol–water partition coefficient (Wildman–Crippen LogP) is 2.29. The Bertz CT molecular complexity index is 496. The normalized spacial score (nSPS) is 19.5. The summed E-state index contributed by atoms with van der Waals surface area (Å²) >= 11 is 0. The summed E-state index contributed by atoms with van der Waals surface area (Å²) < 4.78 is 27.4. The second-order valence-corrected chi connectivity index (χ2v) is 6.79. The molecule has 0 fully saturated rings. The van der Waals surface area contributed by atoms with E-state index in [9.17, 15) is 8.42 Å². The van der Waals surface area contributed by atoms with Crippen LogP contribution in [0.5, 0.6) is 5.75 Å². The van der Waals surface area contributed by atoms with E-state index in [1.807, 2.05) is 18.2 Å². The molecule has 0 saturated heterocycles. The number of fused-ring (bicyclic) bond motifs is 1. The molecule has 1 aromatic carbocycles. The predicted molar refractivity (Wildman–Crippen MR) is 63.7 cm³/mol. The van der Waals surface area contributed by atoms with Crippen LogP contribution in [0.25, 0.3) is 0 Å². The zero-order valence-electron chi connectivity index (χ0n) is 8.94. The summed E-state index contributed by atoms with van der Waals surface area (Å²) in [5.74, 6) is 0.855. The van der Waals surface area contributed by atoms with E-state index < -0.39 is 9.05 Å². The van der Waals surface area contributed by atoms with Crippen molar-refractivity contribution in [2.45, 2.75) is 18.8 Å². The Morgan fingerprint density at radius 2 is 2.25 bits per heavy atom. The lowest BCUT2D eigenvalue weighted by Gasteiger charge is -2.10. The third-order valence-electron chi connectivity index (χ3n) is 2.97. The Hall–Kier alpha value is -0.740. The molecule has 16 heavy (non-hydrogen) atoms. The monoisotopic (exact) mass is 260 g/mol. The van der Waals surface area contributed by atoms with Gasteiger partial charge < -0.3 is 4.74 Å². The zero-order chi connectivity index (χ0) is 11.8. The lowest BCUT2D eigenvalue weighted by Crippen LogP contribution is -2.07. The second-order valence-electron chi connectivity index (χ2n) is 3.97. The number of rotatable bonds is 3. The highest BCUT2D eigenvalue weighted by atomic mass is 35.7. The minimum Gasteiger partial charge on any atom is -0.496 e. The molecule has 88 valence electrons. The fourth-order valence-electron chi connectivity index (χ4n) is 2.31. The zero-order valence-corrected chi connectivity index (χ0v) is 10.5. The highest BCUT2D eigenvalue weighted by Gasteiger charge is 2.28. The van der Waals surface area contributed by atoms with Crippen LogP contribution in [0.3, 0.4) is 0 Å². The molecule has 0 N–H and O–H groups in total. The number of hydrogen-bond donors (Lipinski definition) is 0. The second kappa shape index (κ2) is 4.26. The van der Waals surface area contributed by atoms with Gasteiger partial charge in [0.15, 0.2) is 0 Å². The summed E-state index contributed by atoms with van der Waals surface area (Å²) in [6.07, 6.45) is 1.68.